The van der Waals surface area contributed by atoms with Crippen LogP contribution in [-0.4, -0.2) is 98.3 Å². The largest absolute Gasteiger partial charge is 0.492 e. The second kappa shape index (κ2) is 9.71. The van der Waals surface area contributed by atoms with Gasteiger partial charge in [0.2, 0.25) is 5.79 Å². The van der Waals surface area contributed by atoms with Gasteiger partial charge < -0.3 is 47.3 Å². The van der Waals surface area contributed by atoms with Crippen LogP contribution in [0.15, 0.2) is 34.3 Å². The van der Waals surface area contributed by atoms with Crippen molar-refractivity contribution in [2.75, 3.05) is 19.7 Å². The van der Waals surface area contributed by atoms with E-state index < -0.39 is 59.0 Å². The van der Waals surface area contributed by atoms with Gasteiger partial charge in [0.15, 0.2) is 23.3 Å². The summed E-state index contributed by atoms with van der Waals surface area (Å²) in [4.78, 5) is 36.1. The zero-order valence-electron chi connectivity index (χ0n) is 23.6. The van der Waals surface area contributed by atoms with Gasteiger partial charge in [-0.15, -0.1) is 0 Å². The van der Waals surface area contributed by atoms with E-state index in [4.69, 9.17) is 16.2 Å². The van der Waals surface area contributed by atoms with E-state index in [1.54, 1.807) is 17.2 Å². The highest BCUT2D eigenvalue weighted by atomic mass is 19.4. The SMILES string of the molecule is CC1(C)CCOc2c(C(=O)N[C@H]3CN4C(N)=NC(CNC(=O)c5cc(C(F)(F)F)[nH]n5)[C@@H]5N=C(N)NC54C3(O)O)cccc21. The number of nitrogens with two attached hydrogens (primary N) is 2. The van der Waals surface area contributed by atoms with Gasteiger partial charge in [0, 0.05) is 24.7 Å². The average molecular weight is 621 g/mol. The molecule has 10 N–H and O–H groups in total. The molecule has 15 nitrogen and oxygen atoms in total. The molecule has 5 heterocycles. The molecular formula is C26H31F3N10O5. The Morgan fingerprint density at radius 3 is 2.66 bits per heavy atom. The van der Waals surface area contributed by atoms with Gasteiger partial charge >= 0.3 is 6.18 Å². The van der Waals surface area contributed by atoms with Gasteiger partial charge in [0.1, 0.15) is 23.5 Å². The van der Waals surface area contributed by atoms with Gasteiger partial charge in [0.05, 0.1) is 18.2 Å². The van der Waals surface area contributed by atoms with E-state index in [1.807, 2.05) is 19.9 Å². The Morgan fingerprint density at radius 1 is 1.20 bits per heavy atom. The zero-order chi connectivity index (χ0) is 31.8. The Balaban J connectivity index is 1.24. The molecule has 4 atom stereocenters. The third kappa shape index (κ3) is 4.38. The highest BCUT2D eigenvalue weighted by Crippen LogP contribution is 2.45. The van der Waals surface area contributed by atoms with Crippen molar-refractivity contribution in [1.82, 2.24) is 31.0 Å². The standard InChI is InChI=1S/C26H31F3N10O5/c1-23(2)6-7-44-17-11(4-3-5-12(17)23)19(40)34-16-10-39-22(31)33-14(18-24(39,25(16,42)43)36-21(30)35-18)9-32-20(41)13-8-15(38-37-13)26(27,28)29/h3-5,8,14,16,18,42-43H,6-7,9-10H2,1-2H3,(H2,31,33)(H,32,41)(H,34,40)(H,37,38)(H3,30,35,36)/t14?,16-,18-,24?/m0/s1. The number of carbonyl (C=O) groups excluding carboxylic acids is 2. The molecule has 44 heavy (non-hydrogen) atoms. The number of halogens is 3. The summed E-state index contributed by atoms with van der Waals surface area (Å²) in [5.74, 6) is -4.26. The number of H-pyrrole nitrogens is 1. The summed E-state index contributed by atoms with van der Waals surface area (Å²) in [6, 6.07) is 2.19. The molecule has 2 aromatic rings. The van der Waals surface area contributed by atoms with Gasteiger partial charge in [-0.2, -0.15) is 18.3 Å². The third-order valence-electron chi connectivity index (χ3n) is 8.66. The third-order valence-corrected chi connectivity index (χ3v) is 8.66. The first-order valence-corrected chi connectivity index (χ1v) is 13.7. The number of guanidine groups is 2. The van der Waals surface area contributed by atoms with E-state index in [2.05, 4.69) is 31.0 Å². The monoisotopic (exact) mass is 620 g/mol. The van der Waals surface area contributed by atoms with Crippen molar-refractivity contribution in [3.8, 4) is 5.75 Å². The summed E-state index contributed by atoms with van der Waals surface area (Å²) < 4.78 is 44.6. The van der Waals surface area contributed by atoms with E-state index >= 15 is 0 Å². The van der Waals surface area contributed by atoms with Crippen LogP contribution in [0.1, 0.15) is 52.4 Å². The maximum atomic E-state index is 13.6. The molecule has 18 heteroatoms. The van der Waals surface area contributed by atoms with Crippen molar-refractivity contribution in [1.29, 1.82) is 0 Å². The first kappa shape index (κ1) is 29.5. The Kier molecular flexibility index (Phi) is 6.51. The van der Waals surface area contributed by atoms with Crippen LogP contribution in [0, 0.1) is 0 Å². The topological polar surface area (TPSA) is 229 Å². The molecule has 0 bridgehead atoms. The number of hydrogen-bond acceptors (Lipinski definition) is 12. The van der Waals surface area contributed by atoms with Crippen LogP contribution in [0.4, 0.5) is 13.2 Å². The van der Waals surface area contributed by atoms with Crippen LogP contribution < -0.4 is 32.2 Å². The predicted molar refractivity (Wildman–Crippen MR) is 147 cm³/mol. The number of aromatic amines is 1. The highest BCUT2D eigenvalue weighted by molar-refractivity contribution is 5.98. The van der Waals surface area contributed by atoms with E-state index in [9.17, 15) is 33.0 Å². The smallest absolute Gasteiger partial charge is 0.432 e. The first-order valence-electron chi connectivity index (χ1n) is 13.7. The summed E-state index contributed by atoms with van der Waals surface area (Å²) in [5.41, 5.74) is 9.43. The number of aromatic nitrogens is 2. The number of nitrogens with one attached hydrogen (secondary N) is 4. The molecule has 1 saturated heterocycles. The molecule has 2 unspecified atom stereocenters. The van der Waals surface area contributed by atoms with Gasteiger partial charge in [-0.3, -0.25) is 14.7 Å². The minimum Gasteiger partial charge on any atom is -0.492 e. The molecule has 236 valence electrons. The number of amides is 2. The maximum absolute atomic E-state index is 13.6. The van der Waals surface area contributed by atoms with Crippen LogP contribution >= 0.6 is 0 Å². The van der Waals surface area contributed by atoms with Crippen molar-refractivity contribution < 1.29 is 37.7 Å². The summed E-state index contributed by atoms with van der Waals surface area (Å²) in [6.07, 6.45) is -3.97. The van der Waals surface area contributed by atoms with Crippen LogP contribution in [0.3, 0.4) is 0 Å². The molecule has 0 saturated carbocycles. The fourth-order valence-corrected chi connectivity index (χ4v) is 6.31. The van der Waals surface area contributed by atoms with Crippen molar-refractivity contribution in [3.63, 3.8) is 0 Å². The molecule has 1 spiro atoms. The molecule has 4 aliphatic heterocycles. The minimum atomic E-state index is -4.73. The number of hydrogen-bond donors (Lipinski definition) is 8. The van der Waals surface area contributed by atoms with E-state index in [0.29, 0.717) is 18.4 Å². The molecule has 4 aliphatic rings. The quantitative estimate of drug-likeness (QED) is 0.184. The number of carbonyl (C=O) groups is 2. The van der Waals surface area contributed by atoms with Crippen molar-refractivity contribution in [3.05, 3.63) is 46.8 Å². The fraction of sp³-hybridized carbons (Fsp3) is 0.500. The summed E-state index contributed by atoms with van der Waals surface area (Å²) in [5, 5.41) is 36.4. The summed E-state index contributed by atoms with van der Waals surface area (Å²) >= 11 is 0. The first-order chi connectivity index (χ1) is 20.6. The second-order valence-electron chi connectivity index (χ2n) is 11.8. The van der Waals surface area contributed by atoms with Crippen molar-refractivity contribution >= 4 is 23.7 Å². The van der Waals surface area contributed by atoms with Gasteiger partial charge in [-0.05, 0) is 17.9 Å². The summed E-state index contributed by atoms with van der Waals surface area (Å²) in [7, 11) is 0. The highest BCUT2D eigenvalue weighted by Gasteiger charge is 2.73. The van der Waals surface area contributed by atoms with Crippen LogP contribution in [0.5, 0.6) is 5.75 Å². The predicted octanol–water partition coefficient (Wildman–Crippen LogP) is -1.31. The molecule has 1 aromatic carbocycles. The van der Waals surface area contributed by atoms with E-state index in [-0.39, 0.29) is 36.0 Å². The molecule has 6 rings (SSSR count). The normalized spacial score (nSPS) is 28.0. The molecule has 0 radical (unpaired) electrons. The number of benzene rings is 1. The van der Waals surface area contributed by atoms with E-state index in [0.717, 1.165) is 12.0 Å². The van der Waals surface area contributed by atoms with Gasteiger partial charge in [-0.1, -0.05) is 26.0 Å². The second-order valence-corrected chi connectivity index (χ2v) is 11.8. The minimum absolute atomic E-state index is 0.177. The lowest BCUT2D eigenvalue weighted by molar-refractivity contribution is -0.230. The molecule has 0 aliphatic carbocycles. The fourth-order valence-electron chi connectivity index (χ4n) is 6.31. The number of alkyl halides is 3. The zero-order valence-corrected chi connectivity index (χ0v) is 23.6. The van der Waals surface area contributed by atoms with E-state index in [1.165, 1.54) is 4.90 Å². The lowest BCUT2D eigenvalue weighted by atomic mass is 9.79. The molecular weight excluding hydrogens is 589 g/mol. The Labute approximate surface area is 247 Å². The number of aliphatic hydroxyl groups is 2. The number of nitrogens with zero attached hydrogens (tertiary/aromatic N) is 4. The average Bonchev–Trinajstić information content (AvgIpc) is 3.63. The summed E-state index contributed by atoms with van der Waals surface area (Å²) in [6.45, 7) is 3.95. The van der Waals surface area contributed by atoms with Gasteiger partial charge in [0.25, 0.3) is 11.8 Å². The maximum Gasteiger partial charge on any atom is 0.432 e. The Bertz CT molecular complexity index is 1590. The molecule has 2 amide bonds. The molecule has 1 fully saturated rings. The lowest BCUT2D eigenvalue weighted by Gasteiger charge is -2.49. The lowest BCUT2D eigenvalue weighted by Crippen LogP contribution is -2.78. The number of aliphatic imine (C=N–C) groups is 2. The van der Waals surface area contributed by atoms with Crippen molar-refractivity contribution in [2.24, 2.45) is 21.5 Å². The Hall–Kier alpha value is -4.58. The number of para-hydroxylation sites is 1. The van der Waals surface area contributed by atoms with Crippen molar-refractivity contribution in [2.45, 2.75) is 61.4 Å². The number of rotatable bonds is 5. The van der Waals surface area contributed by atoms with Gasteiger partial charge in [-0.25, -0.2) is 9.98 Å². The number of ether oxygens (including phenoxy) is 1. The van der Waals surface area contributed by atoms with Crippen LogP contribution in [0.25, 0.3) is 0 Å². The van der Waals surface area contributed by atoms with Crippen LogP contribution in [-0.2, 0) is 11.6 Å². The van der Waals surface area contributed by atoms with Crippen LogP contribution in [0.2, 0.25) is 0 Å². The Morgan fingerprint density at radius 2 is 1.95 bits per heavy atom. The molecule has 1 aromatic heterocycles. The number of fused-ring (bicyclic) bond motifs is 1.